The minimum absolute atomic E-state index is 0.0107. The summed E-state index contributed by atoms with van der Waals surface area (Å²) < 4.78 is 1.57. The zero-order valence-electron chi connectivity index (χ0n) is 15.4. The van der Waals surface area contributed by atoms with Gasteiger partial charge in [0, 0.05) is 6.04 Å². The number of tetrazole rings is 1. The Balaban J connectivity index is 1.94. The molecular weight excluding hydrogens is 352 g/mol. The van der Waals surface area contributed by atoms with E-state index in [2.05, 4.69) is 40.0 Å². The van der Waals surface area contributed by atoms with Crippen molar-refractivity contribution in [3.05, 3.63) is 29.8 Å². The average Bonchev–Trinajstić information content (AvgIpc) is 3.08. The number of aromatic nitrogens is 4. The van der Waals surface area contributed by atoms with Crippen LogP contribution < -0.4 is 10.6 Å². The van der Waals surface area contributed by atoms with E-state index in [4.69, 9.17) is 0 Å². The smallest absolute Gasteiger partial charge is 0.321 e. The number of benzene rings is 1. The molecule has 0 saturated carbocycles. The number of thioether (sulfide) groups is 1. The molecule has 0 unspecified atom stereocenters. The van der Waals surface area contributed by atoms with Gasteiger partial charge in [0.1, 0.15) is 0 Å². The van der Waals surface area contributed by atoms with Gasteiger partial charge in [-0.25, -0.2) is 4.79 Å². The number of carbonyl (C=O) groups is 2. The Morgan fingerprint density at radius 3 is 2.50 bits per heavy atom. The molecule has 2 N–H and O–H groups in total. The van der Waals surface area contributed by atoms with E-state index in [0.717, 1.165) is 12.1 Å². The lowest BCUT2D eigenvalue weighted by atomic mass is 10.0. The van der Waals surface area contributed by atoms with Crippen LogP contribution in [-0.2, 0) is 4.79 Å². The molecule has 0 aliphatic carbocycles. The maximum atomic E-state index is 11.9. The Bertz CT molecular complexity index is 744. The van der Waals surface area contributed by atoms with Crippen LogP contribution in [0.25, 0.3) is 5.69 Å². The van der Waals surface area contributed by atoms with Crippen molar-refractivity contribution in [3.63, 3.8) is 0 Å². The standard InChI is InChI=1S/C17H24N6O2S/c1-5-12(4)18-16(25)19-15(24)10-26-17-20-21-22-23(17)14-8-6-13(7-9-14)11(2)3/h6-9,11-12H,5,10H2,1-4H3,(H2,18,19,24,25)/t12-/m0/s1. The second-order valence-electron chi connectivity index (χ2n) is 6.24. The minimum Gasteiger partial charge on any atom is -0.335 e. The van der Waals surface area contributed by atoms with E-state index in [-0.39, 0.29) is 11.8 Å². The summed E-state index contributed by atoms with van der Waals surface area (Å²) in [6.45, 7) is 8.08. The van der Waals surface area contributed by atoms with Gasteiger partial charge < -0.3 is 5.32 Å². The maximum Gasteiger partial charge on any atom is 0.321 e. The molecule has 0 aliphatic rings. The van der Waals surface area contributed by atoms with Crippen LogP contribution in [0.4, 0.5) is 4.79 Å². The summed E-state index contributed by atoms with van der Waals surface area (Å²) in [5.41, 5.74) is 2.04. The number of rotatable bonds is 7. The zero-order valence-corrected chi connectivity index (χ0v) is 16.2. The zero-order chi connectivity index (χ0) is 19.1. The van der Waals surface area contributed by atoms with Crippen LogP contribution in [-0.4, -0.2) is 43.9 Å². The molecule has 26 heavy (non-hydrogen) atoms. The number of carbonyl (C=O) groups excluding carboxylic acids is 2. The van der Waals surface area contributed by atoms with E-state index >= 15 is 0 Å². The van der Waals surface area contributed by atoms with Crippen molar-refractivity contribution in [2.75, 3.05) is 5.75 Å². The number of nitrogens with zero attached hydrogens (tertiary/aromatic N) is 4. The highest BCUT2D eigenvalue weighted by Crippen LogP contribution is 2.20. The summed E-state index contributed by atoms with van der Waals surface area (Å²) in [5.74, 6) is 0.0794. The van der Waals surface area contributed by atoms with E-state index in [0.29, 0.717) is 11.1 Å². The molecule has 1 aromatic carbocycles. The summed E-state index contributed by atoms with van der Waals surface area (Å²) in [7, 11) is 0. The van der Waals surface area contributed by atoms with Gasteiger partial charge in [0.05, 0.1) is 11.4 Å². The first kappa shape index (κ1) is 19.9. The van der Waals surface area contributed by atoms with Gasteiger partial charge in [0.15, 0.2) is 0 Å². The second-order valence-corrected chi connectivity index (χ2v) is 7.18. The normalized spacial score (nSPS) is 12.0. The summed E-state index contributed by atoms with van der Waals surface area (Å²) >= 11 is 1.17. The highest BCUT2D eigenvalue weighted by Gasteiger charge is 2.14. The molecule has 0 bridgehead atoms. The average molecular weight is 376 g/mol. The van der Waals surface area contributed by atoms with Gasteiger partial charge in [0.2, 0.25) is 11.1 Å². The Morgan fingerprint density at radius 2 is 1.88 bits per heavy atom. The lowest BCUT2D eigenvalue weighted by molar-refractivity contribution is -0.117. The number of imide groups is 1. The predicted molar refractivity (Wildman–Crippen MR) is 100 cm³/mol. The molecule has 2 rings (SSSR count). The third-order valence-corrected chi connectivity index (χ3v) is 4.74. The Morgan fingerprint density at radius 1 is 1.19 bits per heavy atom. The molecule has 2 aromatic rings. The largest absolute Gasteiger partial charge is 0.335 e. The molecule has 0 saturated heterocycles. The van der Waals surface area contributed by atoms with Gasteiger partial charge in [0.25, 0.3) is 0 Å². The van der Waals surface area contributed by atoms with Gasteiger partial charge in [-0.05, 0) is 47.4 Å². The van der Waals surface area contributed by atoms with E-state index in [1.807, 2.05) is 38.1 Å². The quantitative estimate of drug-likeness (QED) is 0.720. The third kappa shape index (κ3) is 5.55. The van der Waals surface area contributed by atoms with Crippen LogP contribution in [0.15, 0.2) is 29.4 Å². The molecule has 3 amide bonds. The van der Waals surface area contributed by atoms with Crippen LogP contribution in [0.1, 0.15) is 45.6 Å². The second kappa shape index (κ2) is 9.33. The van der Waals surface area contributed by atoms with Crippen LogP contribution in [0.2, 0.25) is 0 Å². The van der Waals surface area contributed by atoms with E-state index in [1.54, 1.807) is 4.68 Å². The van der Waals surface area contributed by atoms with E-state index < -0.39 is 11.9 Å². The lowest BCUT2D eigenvalue weighted by Gasteiger charge is -2.11. The van der Waals surface area contributed by atoms with E-state index in [9.17, 15) is 9.59 Å². The van der Waals surface area contributed by atoms with Crippen LogP contribution in [0.5, 0.6) is 0 Å². The fraction of sp³-hybridized carbons (Fsp3) is 0.471. The summed E-state index contributed by atoms with van der Waals surface area (Å²) in [5, 5.41) is 17.1. The molecule has 0 spiro atoms. The van der Waals surface area contributed by atoms with Crippen molar-refractivity contribution >= 4 is 23.7 Å². The fourth-order valence-electron chi connectivity index (χ4n) is 2.09. The lowest BCUT2D eigenvalue weighted by Crippen LogP contribution is -2.43. The molecule has 0 radical (unpaired) electrons. The van der Waals surface area contributed by atoms with Crippen molar-refractivity contribution in [1.82, 2.24) is 30.8 Å². The number of hydrogen-bond acceptors (Lipinski definition) is 6. The topological polar surface area (TPSA) is 102 Å². The van der Waals surface area contributed by atoms with Gasteiger partial charge in [-0.15, -0.1) is 5.10 Å². The highest BCUT2D eigenvalue weighted by molar-refractivity contribution is 7.99. The van der Waals surface area contributed by atoms with Gasteiger partial charge >= 0.3 is 6.03 Å². The molecular formula is C17H24N6O2S. The van der Waals surface area contributed by atoms with Crippen LogP contribution in [0.3, 0.4) is 0 Å². The Hall–Kier alpha value is -2.42. The summed E-state index contributed by atoms with van der Waals surface area (Å²) in [6, 6.07) is 7.46. The van der Waals surface area contributed by atoms with Crippen molar-refractivity contribution in [1.29, 1.82) is 0 Å². The van der Waals surface area contributed by atoms with E-state index in [1.165, 1.54) is 17.3 Å². The van der Waals surface area contributed by atoms with Crippen molar-refractivity contribution in [2.45, 2.75) is 51.2 Å². The maximum absolute atomic E-state index is 11.9. The summed E-state index contributed by atoms with van der Waals surface area (Å²) in [6.07, 6.45) is 0.792. The molecule has 9 heteroatoms. The van der Waals surface area contributed by atoms with Crippen molar-refractivity contribution in [2.24, 2.45) is 0 Å². The monoisotopic (exact) mass is 376 g/mol. The molecule has 140 valence electrons. The molecule has 0 aliphatic heterocycles. The number of hydrogen-bond donors (Lipinski definition) is 2. The SMILES string of the molecule is CC[C@H](C)NC(=O)NC(=O)CSc1nnnn1-c1ccc(C(C)C)cc1. The minimum atomic E-state index is -0.492. The van der Waals surface area contributed by atoms with Crippen LogP contribution in [0, 0.1) is 0 Å². The van der Waals surface area contributed by atoms with Gasteiger partial charge in [-0.3, -0.25) is 10.1 Å². The number of amides is 3. The first-order valence-corrected chi connectivity index (χ1v) is 9.51. The predicted octanol–water partition coefficient (Wildman–Crippen LogP) is 2.50. The van der Waals surface area contributed by atoms with Crippen molar-refractivity contribution in [3.8, 4) is 5.69 Å². The Labute approximate surface area is 157 Å². The highest BCUT2D eigenvalue weighted by atomic mass is 32.2. The summed E-state index contributed by atoms with van der Waals surface area (Å²) in [4.78, 5) is 23.6. The Kier molecular flexibility index (Phi) is 7.14. The number of nitrogens with one attached hydrogen (secondary N) is 2. The molecule has 1 atom stereocenters. The first-order valence-electron chi connectivity index (χ1n) is 8.52. The van der Waals surface area contributed by atoms with Crippen molar-refractivity contribution < 1.29 is 9.59 Å². The molecule has 1 heterocycles. The fourth-order valence-corrected chi connectivity index (χ4v) is 2.78. The van der Waals surface area contributed by atoms with Crippen LogP contribution >= 0.6 is 11.8 Å². The van der Waals surface area contributed by atoms with Gasteiger partial charge in [-0.1, -0.05) is 44.7 Å². The first-order chi connectivity index (χ1) is 12.4. The third-order valence-electron chi connectivity index (χ3n) is 3.82. The number of urea groups is 1. The molecule has 0 fully saturated rings. The molecule has 8 nitrogen and oxygen atoms in total. The molecule has 1 aromatic heterocycles. The van der Waals surface area contributed by atoms with Gasteiger partial charge in [-0.2, -0.15) is 4.68 Å².